The lowest BCUT2D eigenvalue weighted by Crippen LogP contribution is -2.31. The van der Waals surface area contributed by atoms with Crippen LogP contribution in [0.4, 0.5) is 18.0 Å². The zero-order chi connectivity index (χ0) is 16.3. The molecule has 0 saturated heterocycles. The maximum atomic E-state index is 11.9. The maximum absolute atomic E-state index is 11.9. The van der Waals surface area contributed by atoms with E-state index in [0.29, 0.717) is 5.56 Å². The van der Waals surface area contributed by atoms with Crippen LogP contribution in [0, 0.1) is 0 Å². The second-order valence-electron chi connectivity index (χ2n) is 4.17. The Labute approximate surface area is 119 Å². The molecule has 0 aliphatic heterocycles. The summed E-state index contributed by atoms with van der Waals surface area (Å²) in [7, 11) is -3.83. The van der Waals surface area contributed by atoms with Crippen LogP contribution in [0.3, 0.4) is 0 Å². The van der Waals surface area contributed by atoms with Crippen LogP contribution in [0.2, 0.25) is 0 Å². The van der Waals surface area contributed by atoms with Crippen molar-refractivity contribution in [1.29, 1.82) is 0 Å². The van der Waals surface area contributed by atoms with Crippen molar-refractivity contribution in [3.63, 3.8) is 0 Å². The van der Waals surface area contributed by atoms with Gasteiger partial charge >= 0.3 is 12.3 Å². The van der Waals surface area contributed by atoms with Crippen molar-refractivity contribution < 1.29 is 31.1 Å². The van der Waals surface area contributed by atoms with Crippen LogP contribution in [0.25, 0.3) is 0 Å². The summed E-state index contributed by atoms with van der Waals surface area (Å²) in [5.74, 6) is 0. The Hall–Kier alpha value is -1.81. The molecule has 0 fully saturated rings. The van der Waals surface area contributed by atoms with Crippen molar-refractivity contribution in [2.75, 3.05) is 6.61 Å². The van der Waals surface area contributed by atoms with Crippen LogP contribution in [0.1, 0.15) is 18.5 Å². The van der Waals surface area contributed by atoms with E-state index in [2.05, 4.69) is 10.1 Å². The van der Waals surface area contributed by atoms with Crippen molar-refractivity contribution in [2.24, 2.45) is 5.14 Å². The first-order chi connectivity index (χ1) is 9.49. The number of benzene rings is 1. The Kier molecular flexibility index (Phi) is 5.18. The number of hydrogen-bond acceptors (Lipinski definition) is 4. The molecule has 0 bridgehead atoms. The van der Waals surface area contributed by atoms with Crippen LogP contribution in [0.5, 0.6) is 0 Å². The van der Waals surface area contributed by atoms with Gasteiger partial charge < -0.3 is 10.1 Å². The van der Waals surface area contributed by atoms with Gasteiger partial charge in [0.1, 0.15) is 0 Å². The SMILES string of the molecule is C[C@@H](NC(=O)OCC(F)(F)F)c1ccc(S(N)(=O)=O)cc1. The van der Waals surface area contributed by atoms with Crippen LogP contribution in [-0.2, 0) is 14.8 Å². The smallest absolute Gasteiger partial charge is 0.422 e. The van der Waals surface area contributed by atoms with Crippen molar-refractivity contribution in [1.82, 2.24) is 5.32 Å². The van der Waals surface area contributed by atoms with Gasteiger partial charge in [-0.1, -0.05) is 12.1 Å². The van der Waals surface area contributed by atoms with E-state index < -0.39 is 34.9 Å². The summed E-state index contributed by atoms with van der Waals surface area (Å²) in [6.07, 6.45) is -5.83. The summed E-state index contributed by atoms with van der Waals surface area (Å²) < 4.78 is 61.7. The standard InChI is InChI=1S/C11H13F3N2O4S/c1-7(16-10(17)20-6-11(12,13)14)8-2-4-9(5-3-8)21(15,18)19/h2-5,7H,6H2,1H3,(H,16,17)(H2,15,18,19)/t7-/m1/s1. The predicted molar refractivity (Wildman–Crippen MR) is 66.8 cm³/mol. The third-order valence-electron chi connectivity index (χ3n) is 2.41. The van der Waals surface area contributed by atoms with E-state index in [1.165, 1.54) is 31.2 Å². The Morgan fingerprint density at radius 2 is 1.86 bits per heavy atom. The highest BCUT2D eigenvalue weighted by Gasteiger charge is 2.29. The number of rotatable bonds is 4. The van der Waals surface area contributed by atoms with Gasteiger partial charge in [0.15, 0.2) is 6.61 Å². The third-order valence-corrected chi connectivity index (χ3v) is 3.34. The van der Waals surface area contributed by atoms with Gasteiger partial charge in [0.2, 0.25) is 10.0 Å². The minimum absolute atomic E-state index is 0.113. The first-order valence-electron chi connectivity index (χ1n) is 5.62. The molecule has 0 spiro atoms. The third kappa shape index (κ3) is 6.00. The Balaban J connectivity index is 2.64. The number of ether oxygens (including phenoxy) is 1. The van der Waals surface area contributed by atoms with Crippen LogP contribution < -0.4 is 10.5 Å². The molecule has 0 aliphatic carbocycles. The van der Waals surface area contributed by atoms with Crippen molar-refractivity contribution in [3.05, 3.63) is 29.8 Å². The van der Waals surface area contributed by atoms with Crippen molar-refractivity contribution in [2.45, 2.75) is 24.0 Å². The molecule has 1 aromatic carbocycles. The molecule has 3 N–H and O–H groups in total. The summed E-state index contributed by atoms with van der Waals surface area (Å²) in [4.78, 5) is 11.0. The number of nitrogens with one attached hydrogen (secondary N) is 1. The summed E-state index contributed by atoms with van der Waals surface area (Å²) in [6, 6.07) is 4.55. The van der Waals surface area contributed by atoms with E-state index in [-0.39, 0.29) is 4.90 Å². The fraction of sp³-hybridized carbons (Fsp3) is 0.364. The normalized spacial score (nSPS) is 13.6. The van der Waals surface area contributed by atoms with Gasteiger partial charge in [-0.15, -0.1) is 0 Å². The topological polar surface area (TPSA) is 98.5 Å². The number of alkyl carbamates (subject to hydrolysis) is 1. The van der Waals surface area contributed by atoms with Gasteiger partial charge in [0.25, 0.3) is 0 Å². The number of amides is 1. The van der Waals surface area contributed by atoms with E-state index in [1.807, 2.05) is 0 Å². The molecule has 6 nitrogen and oxygen atoms in total. The zero-order valence-electron chi connectivity index (χ0n) is 10.8. The number of sulfonamides is 1. The fourth-order valence-electron chi connectivity index (χ4n) is 1.40. The number of alkyl halides is 3. The number of carbonyl (C=O) groups is 1. The zero-order valence-corrected chi connectivity index (χ0v) is 11.7. The van der Waals surface area contributed by atoms with Crippen LogP contribution >= 0.6 is 0 Å². The Bertz CT molecular complexity index is 599. The first-order valence-corrected chi connectivity index (χ1v) is 7.16. The number of halogens is 3. The highest BCUT2D eigenvalue weighted by molar-refractivity contribution is 7.89. The molecule has 0 unspecified atom stereocenters. The maximum Gasteiger partial charge on any atom is 0.422 e. The van der Waals surface area contributed by atoms with E-state index in [9.17, 15) is 26.4 Å². The lowest BCUT2D eigenvalue weighted by molar-refractivity contribution is -0.160. The second-order valence-corrected chi connectivity index (χ2v) is 5.73. The largest absolute Gasteiger partial charge is 0.440 e. The average molecular weight is 326 g/mol. The summed E-state index contributed by atoms with van der Waals surface area (Å²) in [6.45, 7) is -0.184. The minimum Gasteiger partial charge on any atom is -0.440 e. The molecule has 1 amide bonds. The van der Waals surface area contributed by atoms with Gasteiger partial charge in [0, 0.05) is 0 Å². The number of carbonyl (C=O) groups excluding carboxylic acids is 1. The van der Waals surface area contributed by atoms with E-state index in [4.69, 9.17) is 5.14 Å². The number of nitrogens with two attached hydrogens (primary N) is 1. The molecular weight excluding hydrogens is 313 g/mol. The molecule has 0 heterocycles. The lowest BCUT2D eigenvalue weighted by atomic mass is 10.1. The Morgan fingerprint density at radius 1 is 1.33 bits per heavy atom. The van der Waals surface area contributed by atoms with Gasteiger partial charge in [-0.05, 0) is 24.6 Å². The molecule has 0 radical (unpaired) electrons. The molecule has 0 saturated carbocycles. The number of primary sulfonamides is 1. The van der Waals surface area contributed by atoms with Gasteiger partial charge in [-0.25, -0.2) is 18.4 Å². The van der Waals surface area contributed by atoms with E-state index in [0.717, 1.165) is 0 Å². The minimum atomic E-state index is -4.60. The monoisotopic (exact) mass is 326 g/mol. The molecule has 0 aliphatic rings. The van der Waals surface area contributed by atoms with E-state index >= 15 is 0 Å². The van der Waals surface area contributed by atoms with E-state index in [1.54, 1.807) is 0 Å². The molecule has 1 rings (SSSR count). The second kappa shape index (κ2) is 6.31. The summed E-state index contributed by atoms with van der Waals surface area (Å²) in [5.41, 5.74) is 0.478. The lowest BCUT2D eigenvalue weighted by Gasteiger charge is -2.15. The first kappa shape index (κ1) is 17.2. The average Bonchev–Trinajstić information content (AvgIpc) is 2.34. The highest BCUT2D eigenvalue weighted by Crippen LogP contribution is 2.17. The molecule has 0 aromatic heterocycles. The summed E-state index contributed by atoms with van der Waals surface area (Å²) in [5, 5.41) is 7.11. The van der Waals surface area contributed by atoms with Crippen LogP contribution in [-0.4, -0.2) is 27.3 Å². The molecule has 118 valence electrons. The van der Waals surface area contributed by atoms with Gasteiger partial charge in [-0.2, -0.15) is 13.2 Å². The fourth-order valence-corrected chi connectivity index (χ4v) is 1.91. The predicted octanol–water partition coefficient (Wildman–Crippen LogP) is 1.68. The molecule has 21 heavy (non-hydrogen) atoms. The highest BCUT2D eigenvalue weighted by atomic mass is 32.2. The molecule has 1 aromatic rings. The quantitative estimate of drug-likeness (QED) is 0.879. The summed E-state index contributed by atoms with van der Waals surface area (Å²) >= 11 is 0. The Morgan fingerprint density at radius 3 is 2.29 bits per heavy atom. The van der Waals surface area contributed by atoms with Crippen LogP contribution in [0.15, 0.2) is 29.2 Å². The van der Waals surface area contributed by atoms with Crippen molar-refractivity contribution in [3.8, 4) is 0 Å². The van der Waals surface area contributed by atoms with Gasteiger partial charge in [0.05, 0.1) is 10.9 Å². The molecular formula is C11H13F3N2O4S. The van der Waals surface area contributed by atoms with Crippen molar-refractivity contribution >= 4 is 16.1 Å². The molecule has 10 heteroatoms. The van der Waals surface area contributed by atoms with Gasteiger partial charge in [-0.3, -0.25) is 0 Å². The molecule has 1 atom stereocenters. The number of hydrogen-bond donors (Lipinski definition) is 2.